The second kappa shape index (κ2) is 4.40. The fourth-order valence-corrected chi connectivity index (χ4v) is 3.86. The van der Waals surface area contributed by atoms with Crippen molar-refractivity contribution in [2.24, 2.45) is 4.99 Å². The van der Waals surface area contributed by atoms with Crippen molar-refractivity contribution in [3.63, 3.8) is 0 Å². The van der Waals surface area contributed by atoms with Gasteiger partial charge in [-0.2, -0.15) is 0 Å². The summed E-state index contributed by atoms with van der Waals surface area (Å²) < 4.78 is 5.86. The van der Waals surface area contributed by atoms with Gasteiger partial charge in [0.25, 0.3) is 0 Å². The van der Waals surface area contributed by atoms with Gasteiger partial charge in [-0.05, 0) is 19.1 Å². The van der Waals surface area contributed by atoms with E-state index in [1.54, 1.807) is 11.8 Å². The second-order valence-electron chi connectivity index (χ2n) is 4.93. The van der Waals surface area contributed by atoms with E-state index in [1.165, 1.54) is 0 Å². The van der Waals surface area contributed by atoms with Crippen LogP contribution in [0, 0.1) is 6.92 Å². The lowest BCUT2D eigenvalue weighted by Crippen LogP contribution is -2.20. The maximum absolute atomic E-state index is 9.64. The molecule has 20 heavy (non-hydrogen) atoms. The molecule has 2 aliphatic heterocycles. The Balaban J connectivity index is 1.95. The highest BCUT2D eigenvalue weighted by molar-refractivity contribution is 8.17. The minimum absolute atomic E-state index is 0.0333. The van der Waals surface area contributed by atoms with Crippen molar-refractivity contribution >= 4 is 33.6 Å². The summed E-state index contributed by atoms with van der Waals surface area (Å²) in [6, 6.07) is 8.18. The molecule has 0 fully saturated rings. The van der Waals surface area contributed by atoms with Gasteiger partial charge in [-0.3, -0.25) is 4.99 Å². The Labute approximate surface area is 120 Å². The van der Waals surface area contributed by atoms with E-state index in [-0.39, 0.29) is 6.61 Å². The minimum Gasteiger partial charge on any atom is -0.461 e. The third-order valence-electron chi connectivity index (χ3n) is 3.62. The maximum atomic E-state index is 9.64. The van der Waals surface area contributed by atoms with Crippen molar-refractivity contribution in [3.05, 3.63) is 40.5 Å². The normalized spacial score (nSPS) is 18.1. The Morgan fingerprint density at radius 1 is 1.45 bits per heavy atom. The summed E-state index contributed by atoms with van der Waals surface area (Å²) in [5, 5.41) is 11.7. The fraction of sp³-hybridized carbons (Fsp3) is 0.267. The number of aryl methyl sites for hydroxylation is 1. The van der Waals surface area contributed by atoms with Gasteiger partial charge in [-0.15, -0.1) is 0 Å². The predicted octanol–water partition coefficient (Wildman–Crippen LogP) is 2.82. The molecular weight excluding hydrogens is 272 g/mol. The highest BCUT2D eigenvalue weighted by Crippen LogP contribution is 2.43. The van der Waals surface area contributed by atoms with Gasteiger partial charge in [-0.1, -0.05) is 23.9 Å². The molecule has 0 saturated carbocycles. The number of aliphatic hydroxyl groups is 1. The van der Waals surface area contributed by atoms with E-state index in [9.17, 15) is 5.11 Å². The largest absolute Gasteiger partial charge is 0.461 e. The molecule has 5 heteroatoms. The number of hydrogen-bond acceptors (Lipinski definition) is 5. The average Bonchev–Trinajstić information content (AvgIpc) is 3.09. The molecule has 0 amide bonds. The Morgan fingerprint density at radius 3 is 3.20 bits per heavy atom. The van der Waals surface area contributed by atoms with E-state index < -0.39 is 0 Å². The Bertz CT molecular complexity index is 760. The number of amidine groups is 1. The Hall–Kier alpha value is -1.72. The Kier molecular flexibility index (Phi) is 2.65. The zero-order chi connectivity index (χ0) is 13.7. The van der Waals surface area contributed by atoms with Crippen LogP contribution in [0.25, 0.3) is 16.7 Å². The van der Waals surface area contributed by atoms with Gasteiger partial charge in [0.15, 0.2) is 5.17 Å². The van der Waals surface area contributed by atoms with Crippen molar-refractivity contribution < 1.29 is 9.52 Å². The summed E-state index contributed by atoms with van der Waals surface area (Å²) >= 11 is 1.56. The molecule has 0 radical (unpaired) electrons. The van der Waals surface area contributed by atoms with Crippen LogP contribution in [0.15, 0.2) is 38.6 Å². The minimum atomic E-state index is 0.0333. The molecule has 0 saturated heterocycles. The SMILES string of the molecule is Cc1cc2cccc(C3=C(CO)SC4=NCCN43)c2o1. The highest BCUT2D eigenvalue weighted by atomic mass is 32.2. The van der Waals surface area contributed by atoms with Crippen molar-refractivity contribution in [1.82, 2.24) is 4.90 Å². The lowest BCUT2D eigenvalue weighted by Gasteiger charge is -2.17. The van der Waals surface area contributed by atoms with E-state index in [1.807, 2.05) is 19.1 Å². The number of aliphatic imine (C=N–C) groups is 1. The summed E-state index contributed by atoms with van der Waals surface area (Å²) in [5.41, 5.74) is 2.98. The molecule has 0 bridgehead atoms. The topological polar surface area (TPSA) is 49.0 Å². The van der Waals surface area contributed by atoms with E-state index in [0.29, 0.717) is 0 Å². The lowest BCUT2D eigenvalue weighted by molar-refractivity contribution is 0.339. The van der Waals surface area contributed by atoms with Crippen molar-refractivity contribution in [3.8, 4) is 0 Å². The molecule has 0 atom stereocenters. The van der Waals surface area contributed by atoms with Crippen LogP contribution < -0.4 is 0 Å². The van der Waals surface area contributed by atoms with Crippen LogP contribution in [0.4, 0.5) is 0 Å². The summed E-state index contributed by atoms with van der Waals surface area (Å²) in [5.74, 6) is 0.902. The standard InChI is InChI=1S/C15H14N2O2S/c1-9-7-10-3-2-4-11(14(10)19-9)13-12(8-18)20-15-16-5-6-17(13)15/h2-4,7,18H,5-6,8H2,1H3. The van der Waals surface area contributed by atoms with Crippen molar-refractivity contribution in [2.75, 3.05) is 19.7 Å². The van der Waals surface area contributed by atoms with Crippen molar-refractivity contribution in [2.45, 2.75) is 6.92 Å². The molecule has 4 rings (SSSR count). The third-order valence-corrected chi connectivity index (χ3v) is 4.72. The molecule has 1 aromatic carbocycles. The monoisotopic (exact) mass is 286 g/mol. The number of benzene rings is 1. The van der Waals surface area contributed by atoms with E-state index >= 15 is 0 Å². The van der Waals surface area contributed by atoms with Gasteiger partial charge >= 0.3 is 0 Å². The molecule has 0 unspecified atom stereocenters. The number of thioether (sulfide) groups is 1. The second-order valence-corrected chi connectivity index (χ2v) is 5.99. The Morgan fingerprint density at radius 2 is 2.35 bits per heavy atom. The smallest absolute Gasteiger partial charge is 0.168 e. The molecule has 1 N–H and O–H groups in total. The number of furan rings is 1. The highest BCUT2D eigenvalue weighted by Gasteiger charge is 2.33. The first-order chi connectivity index (χ1) is 9.78. The number of hydrogen-bond donors (Lipinski definition) is 1. The molecule has 1 aromatic heterocycles. The van der Waals surface area contributed by atoms with Crippen LogP contribution in [-0.4, -0.2) is 34.9 Å². The first-order valence-corrected chi connectivity index (χ1v) is 7.43. The number of fused-ring (bicyclic) bond motifs is 2. The predicted molar refractivity (Wildman–Crippen MR) is 81.6 cm³/mol. The van der Waals surface area contributed by atoms with Gasteiger partial charge in [0, 0.05) is 22.4 Å². The number of aliphatic hydroxyl groups excluding tert-OH is 1. The van der Waals surface area contributed by atoms with Crippen molar-refractivity contribution in [1.29, 1.82) is 0 Å². The van der Waals surface area contributed by atoms with E-state index in [0.717, 1.165) is 51.2 Å². The average molecular weight is 286 g/mol. The summed E-state index contributed by atoms with van der Waals surface area (Å²) in [6.45, 7) is 3.68. The molecule has 2 aromatic rings. The van der Waals surface area contributed by atoms with Gasteiger partial charge < -0.3 is 14.4 Å². The van der Waals surface area contributed by atoms with Crippen LogP contribution in [0.5, 0.6) is 0 Å². The van der Waals surface area contributed by atoms with Gasteiger partial charge in [-0.25, -0.2) is 0 Å². The quantitative estimate of drug-likeness (QED) is 0.922. The van der Waals surface area contributed by atoms with Crippen LogP contribution in [0.3, 0.4) is 0 Å². The summed E-state index contributed by atoms with van der Waals surface area (Å²) in [4.78, 5) is 7.61. The first-order valence-electron chi connectivity index (χ1n) is 6.61. The van der Waals surface area contributed by atoms with E-state index in [4.69, 9.17) is 4.42 Å². The number of rotatable bonds is 2. The first kappa shape index (κ1) is 12.1. The molecule has 4 nitrogen and oxygen atoms in total. The van der Waals surface area contributed by atoms with Gasteiger partial charge in [0.05, 0.1) is 18.8 Å². The van der Waals surface area contributed by atoms with Gasteiger partial charge in [0.1, 0.15) is 11.3 Å². The van der Waals surface area contributed by atoms with Crippen LogP contribution >= 0.6 is 11.8 Å². The molecule has 0 spiro atoms. The third kappa shape index (κ3) is 1.63. The molecule has 102 valence electrons. The number of para-hydroxylation sites is 1. The van der Waals surface area contributed by atoms with Crippen LogP contribution in [0.1, 0.15) is 11.3 Å². The zero-order valence-corrected chi connectivity index (χ0v) is 11.9. The summed E-state index contributed by atoms with van der Waals surface area (Å²) in [7, 11) is 0. The molecule has 2 aliphatic rings. The number of nitrogens with zero attached hydrogens (tertiary/aromatic N) is 2. The molecular formula is C15H14N2O2S. The maximum Gasteiger partial charge on any atom is 0.168 e. The van der Waals surface area contributed by atoms with Crippen LogP contribution in [-0.2, 0) is 0 Å². The molecule has 0 aliphatic carbocycles. The zero-order valence-electron chi connectivity index (χ0n) is 11.1. The summed E-state index contributed by atoms with van der Waals surface area (Å²) in [6.07, 6.45) is 0. The molecule has 3 heterocycles. The van der Waals surface area contributed by atoms with E-state index in [2.05, 4.69) is 22.0 Å². The van der Waals surface area contributed by atoms with Crippen LogP contribution in [0.2, 0.25) is 0 Å². The lowest BCUT2D eigenvalue weighted by atomic mass is 10.1. The van der Waals surface area contributed by atoms with Gasteiger partial charge in [0.2, 0.25) is 0 Å². The fourth-order valence-electron chi connectivity index (χ4n) is 2.81.